The largest absolute Gasteiger partial charge is 0.228 e. The molecule has 0 saturated heterocycles. The molecule has 0 N–H and O–H groups in total. The van der Waals surface area contributed by atoms with Crippen molar-refractivity contribution in [2.45, 2.75) is 11.9 Å². The maximum Gasteiger partial charge on any atom is 0.161 e. The molecule has 0 aliphatic heterocycles. The summed E-state index contributed by atoms with van der Waals surface area (Å²) in [5.41, 5.74) is 2.76. The number of hydrogen-bond donors (Lipinski definition) is 0. The Morgan fingerprint density at radius 3 is 2.35 bits per heavy atom. The number of rotatable bonds is 4. The lowest BCUT2D eigenvalue weighted by Crippen LogP contribution is -1.95. The second-order valence-electron chi connectivity index (χ2n) is 4.84. The minimum Gasteiger partial charge on any atom is -0.228 e. The number of benzene rings is 2. The van der Waals surface area contributed by atoms with Crippen LogP contribution in [0.15, 0.2) is 59.6 Å². The third kappa shape index (κ3) is 3.86. The molecule has 3 aromatic rings. The van der Waals surface area contributed by atoms with E-state index in [1.165, 1.54) is 0 Å². The van der Waals surface area contributed by atoms with Crippen LogP contribution in [0.4, 0.5) is 0 Å². The van der Waals surface area contributed by atoms with Gasteiger partial charge >= 0.3 is 0 Å². The van der Waals surface area contributed by atoms with E-state index in [4.69, 9.17) is 28.2 Å². The van der Waals surface area contributed by atoms with Crippen LogP contribution in [0, 0.1) is 0 Å². The summed E-state index contributed by atoms with van der Waals surface area (Å²) in [5, 5.41) is 2.01. The van der Waals surface area contributed by atoms with Gasteiger partial charge < -0.3 is 0 Å². The Labute approximate surface area is 149 Å². The number of thioether (sulfide) groups is 1. The minimum atomic E-state index is 0.522. The van der Waals surface area contributed by atoms with Crippen LogP contribution in [-0.4, -0.2) is 15.7 Å². The fourth-order valence-corrected chi connectivity index (χ4v) is 3.11. The summed E-state index contributed by atoms with van der Waals surface area (Å²) in [4.78, 5) is 9.35. The van der Waals surface area contributed by atoms with Crippen molar-refractivity contribution in [1.82, 2.24) is 9.97 Å². The highest BCUT2D eigenvalue weighted by Gasteiger charge is 2.10. The standard InChI is InChI=1S/C18H14Cl2N2S/c1-2-23-17-11-16(13-8-9-14(19)15(20)10-13)21-18(22-17)12-6-4-3-5-7-12/h3-11H,2H2,1H3. The average Bonchev–Trinajstić information content (AvgIpc) is 2.58. The first-order valence-corrected chi connectivity index (χ1v) is 8.94. The normalized spacial score (nSPS) is 10.7. The van der Waals surface area contributed by atoms with Crippen LogP contribution in [-0.2, 0) is 0 Å². The Balaban J connectivity index is 2.12. The lowest BCUT2D eigenvalue weighted by molar-refractivity contribution is 1.06. The Bertz CT molecular complexity index is 823. The van der Waals surface area contributed by atoms with Crippen molar-refractivity contribution < 1.29 is 0 Å². The molecule has 0 atom stereocenters. The predicted octanol–water partition coefficient (Wildman–Crippen LogP) is 6.23. The predicted molar refractivity (Wildman–Crippen MR) is 99.3 cm³/mol. The van der Waals surface area contributed by atoms with Crippen molar-refractivity contribution in [3.63, 3.8) is 0 Å². The van der Waals surface area contributed by atoms with Crippen LogP contribution in [0.25, 0.3) is 22.6 Å². The van der Waals surface area contributed by atoms with Gasteiger partial charge in [0.05, 0.1) is 15.7 Å². The molecule has 2 aromatic carbocycles. The SMILES string of the molecule is CCSc1cc(-c2ccc(Cl)c(Cl)c2)nc(-c2ccccc2)n1. The van der Waals surface area contributed by atoms with Crippen molar-refractivity contribution in [2.24, 2.45) is 0 Å². The number of nitrogens with zero attached hydrogens (tertiary/aromatic N) is 2. The van der Waals surface area contributed by atoms with Crippen molar-refractivity contribution in [3.8, 4) is 22.6 Å². The molecule has 0 aliphatic rings. The molecule has 1 aromatic heterocycles. The van der Waals surface area contributed by atoms with E-state index >= 15 is 0 Å². The van der Waals surface area contributed by atoms with Crippen molar-refractivity contribution >= 4 is 35.0 Å². The van der Waals surface area contributed by atoms with Gasteiger partial charge in [0.25, 0.3) is 0 Å². The van der Waals surface area contributed by atoms with Gasteiger partial charge in [-0.1, -0.05) is 66.5 Å². The van der Waals surface area contributed by atoms with Gasteiger partial charge in [-0.3, -0.25) is 0 Å². The molecule has 0 amide bonds. The Kier molecular flexibility index (Phi) is 5.21. The van der Waals surface area contributed by atoms with Crippen LogP contribution in [0.5, 0.6) is 0 Å². The molecule has 0 radical (unpaired) electrons. The lowest BCUT2D eigenvalue weighted by atomic mass is 10.1. The van der Waals surface area contributed by atoms with E-state index in [1.807, 2.05) is 48.5 Å². The smallest absolute Gasteiger partial charge is 0.161 e. The van der Waals surface area contributed by atoms with Gasteiger partial charge in [-0.25, -0.2) is 9.97 Å². The minimum absolute atomic E-state index is 0.522. The molecule has 116 valence electrons. The summed E-state index contributed by atoms with van der Waals surface area (Å²) in [6, 6.07) is 17.5. The molecule has 3 rings (SSSR count). The first-order chi connectivity index (χ1) is 11.2. The summed E-state index contributed by atoms with van der Waals surface area (Å²) in [5.74, 6) is 1.66. The Morgan fingerprint density at radius 1 is 0.870 bits per heavy atom. The summed E-state index contributed by atoms with van der Waals surface area (Å²) in [6.07, 6.45) is 0. The van der Waals surface area contributed by atoms with Crippen LogP contribution >= 0.6 is 35.0 Å². The second-order valence-corrected chi connectivity index (χ2v) is 6.94. The third-order valence-electron chi connectivity index (χ3n) is 3.24. The molecule has 0 aliphatic carbocycles. The van der Waals surface area contributed by atoms with Crippen LogP contribution in [0.2, 0.25) is 10.0 Å². The van der Waals surface area contributed by atoms with E-state index in [0.717, 1.165) is 27.6 Å². The molecule has 0 saturated carbocycles. The van der Waals surface area contributed by atoms with Crippen molar-refractivity contribution in [1.29, 1.82) is 0 Å². The zero-order valence-electron chi connectivity index (χ0n) is 12.5. The molecule has 23 heavy (non-hydrogen) atoms. The Hall–Kier alpha value is -1.55. The molecular weight excluding hydrogens is 347 g/mol. The van der Waals surface area contributed by atoms with Gasteiger partial charge in [0.15, 0.2) is 5.82 Å². The highest BCUT2D eigenvalue weighted by atomic mass is 35.5. The van der Waals surface area contributed by atoms with E-state index in [0.29, 0.717) is 15.9 Å². The van der Waals surface area contributed by atoms with E-state index in [9.17, 15) is 0 Å². The molecule has 1 heterocycles. The van der Waals surface area contributed by atoms with Crippen molar-refractivity contribution in [3.05, 3.63) is 64.6 Å². The number of halogens is 2. The Morgan fingerprint density at radius 2 is 1.65 bits per heavy atom. The molecule has 0 unspecified atom stereocenters. The summed E-state index contributed by atoms with van der Waals surface area (Å²) in [6.45, 7) is 2.10. The molecule has 0 bridgehead atoms. The fourth-order valence-electron chi connectivity index (χ4n) is 2.17. The lowest BCUT2D eigenvalue weighted by Gasteiger charge is -2.08. The highest BCUT2D eigenvalue weighted by Crippen LogP contribution is 2.30. The molecule has 0 spiro atoms. The fraction of sp³-hybridized carbons (Fsp3) is 0.111. The van der Waals surface area contributed by atoms with Crippen LogP contribution in [0.3, 0.4) is 0 Å². The molecular formula is C18H14Cl2N2S. The van der Waals surface area contributed by atoms with Gasteiger partial charge in [-0.05, 0) is 24.0 Å². The van der Waals surface area contributed by atoms with Gasteiger partial charge in [0, 0.05) is 11.1 Å². The molecule has 0 fully saturated rings. The summed E-state index contributed by atoms with van der Waals surface area (Å²) >= 11 is 13.8. The zero-order valence-corrected chi connectivity index (χ0v) is 14.8. The number of aromatic nitrogens is 2. The van der Waals surface area contributed by atoms with Gasteiger partial charge in [-0.15, -0.1) is 11.8 Å². The summed E-state index contributed by atoms with van der Waals surface area (Å²) in [7, 11) is 0. The van der Waals surface area contributed by atoms with E-state index in [1.54, 1.807) is 17.8 Å². The van der Waals surface area contributed by atoms with Gasteiger partial charge in [0.2, 0.25) is 0 Å². The monoisotopic (exact) mass is 360 g/mol. The first kappa shape index (κ1) is 16.3. The second kappa shape index (κ2) is 7.35. The van der Waals surface area contributed by atoms with Crippen molar-refractivity contribution in [2.75, 3.05) is 5.75 Å². The number of hydrogen-bond acceptors (Lipinski definition) is 3. The third-order valence-corrected chi connectivity index (χ3v) is 4.77. The van der Waals surface area contributed by atoms with E-state index < -0.39 is 0 Å². The van der Waals surface area contributed by atoms with Gasteiger partial charge in [0.1, 0.15) is 5.03 Å². The quantitative estimate of drug-likeness (QED) is 0.407. The topological polar surface area (TPSA) is 25.8 Å². The summed E-state index contributed by atoms with van der Waals surface area (Å²) < 4.78 is 0. The maximum absolute atomic E-state index is 6.14. The van der Waals surface area contributed by atoms with E-state index in [-0.39, 0.29) is 0 Å². The molecule has 2 nitrogen and oxygen atoms in total. The molecule has 5 heteroatoms. The zero-order chi connectivity index (χ0) is 16.2. The van der Waals surface area contributed by atoms with Crippen LogP contribution < -0.4 is 0 Å². The van der Waals surface area contributed by atoms with Crippen LogP contribution in [0.1, 0.15) is 6.92 Å². The van der Waals surface area contributed by atoms with E-state index in [2.05, 4.69) is 11.9 Å². The first-order valence-electron chi connectivity index (χ1n) is 7.20. The highest BCUT2D eigenvalue weighted by molar-refractivity contribution is 7.99. The average molecular weight is 361 g/mol. The van der Waals surface area contributed by atoms with Gasteiger partial charge in [-0.2, -0.15) is 0 Å². The maximum atomic E-state index is 6.14.